The molecular weight excluding hydrogens is 335 g/mol. The van der Waals surface area contributed by atoms with Gasteiger partial charge in [-0.05, 0) is 49.8 Å². The highest BCUT2D eigenvalue weighted by molar-refractivity contribution is 6.36. The third-order valence-corrected chi connectivity index (χ3v) is 4.75. The molecule has 2 rings (SSSR count). The molecule has 0 amide bonds. The lowest BCUT2D eigenvalue weighted by Gasteiger charge is -2.27. The van der Waals surface area contributed by atoms with Gasteiger partial charge in [0.2, 0.25) is 0 Å². The summed E-state index contributed by atoms with van der Waals surface area (Å²) in [5.74, 6) is -0.0529. The van der Waals surface area contributed by atoms with Crippen molar-refractivity contribution in [1.82, 2.24) is 0 Å². The van der Waals surface area contributed by atoms with Gasteiger partial charge >= 0.3 is 5.97 Å². The summed E-state index contributed by atoms with van der Waals surface area (Å²) in [4.78, 5) is 11.9. The van der Waals surface area contributed by atoms with Crippen molar-refractivity contribution >= 4 is 29.2 Å². The number of esters is 1. The van der Waals surface area contributed by atoms with Gasteiger partial charge in [0.25, 0.3) is 0 Å². The third kappa shape index (κ3) is 5.83. The van der Waals surface area contributed by atoms with E-state index in [0.717, 1.165) is 32.1 Å². The number of benzene rings is 1. The number of ether oxygens (including phenoxy) is 1. The fourth-order valence-corrected chi connectivity index (χ4v) is 3.36. The maximum absolute atomic E-state index is 11.9. The van der Waals surface area contributed by atoms with Crippen molar-refractivity contribution in [3.8, 4) is 0 Å². The molecule has 0 unspecified atom stereocenters. The molecule has 1 saturated carbocycles. The van der Waals surface area contributed by atoms with Crippen LogP contribution >= 0.6 is 23.2 Å². The van der Waals surface area contributed by atoms with Gasteiger partial charge in [-0.25, -0.2) is 4.79 Å². The van der Waals surface area contributed by atoms with Crippen LogP contribution in [0.4, 0.5) is 0 Å². The summed E-state index contributed by atoms with van der Waals surface area (Å²) < 4.78 is 5.16. The van der Waals surface area contributed by atoms with Gasteiger partial charge in [-0.3, -0.25) is 0 Å². The Balaban J connectivity index is 1.68. The number of hydrogen-bond donors (Lipinski definition) is 1. The molecule has 1 N–H and O–H groups in total. The minimum atomic E-state index is -0.459. The molecule has 5 heteroatoms. The number of aliphatic hydroxyl groups excluding tert-OH is 1. The summed E-state index contributed by atoms with van der Waals surface area (Å²) in [6.45, 7) is 0.213. The standard InChI is InChI=1S/C18H22Cl2O3/c19-14-9-10-15(16(20)12-14)18(22)23-11-5-1-2-6-13-7-3-4-8-17(13)21/h1,5,9-10,12-13,17,21H,2-4,6-8,11H2/b5-1-/t13-,17-/m0/s1. The minimum absolute atomic E-state index is 0.151. The van der Waals surface area contributed by atoms with Crippen molar-refractivity contribution in [1.29, 1.82) is 0 Å². The Bertz CT molecular complexity index is 557. The van der Waals surface area contributed by atoms with E-state index in [4.69, 9.17) is 27.9 Å². The van der Waals surface area contributed by atoms with Crippen LogP contribution in [-0.4, -0.2) is 23.8 Å². The molecule has 0 radical (unpaired) electrons. The summed E-state index contributed by atoms with van der Waals surface area (Å²) in [6.07, 6.45) is 9.93. The van der Waals surface area contributed by atoms with Gasteiger partial charge in [-0.15, -0.1) is 0 Å². The fraction of sp³-hybridized carbons (Fsp3) is 0.500. The zero-order valence-corrected chi connectivity index (χ0v) is 14.5. The van der Waals surface area contributed by atoms with Crippen LogP contribution < -0.4 is 0 Å². The Morgan fingerprint density at radius 3 is 2.78 bits per heavy atom. The van der Waals surface area contributed by atoms with Crippen molar-refractivity contribution in [3.05, 3.63) is 46.0 Å². The molecule has 1 fully saturated rings. The van der Waals surface area contributed by atoms with Crippen molar-refractivity contribution in [2.75, 3.05) is 6.61 Å². The predicted octanol–water partition coefficient (Wildman–Crippen LogP) is 5.04. The molecule has 0 heterocycles. The van der Waals surface area contributed by atoms with Crippen LogP contribution in [0.5, 0.6) is 0 Å². The number of hydrogen-bond acceptors (Lipinski definition) is 3. The number of carbonyl (C=O) groups is 1. The first kappa shape index (κ1) is 18.3. The molecule has 1 aromatic carbocycles. The molecule has 1 aromatic rings. The summed E-state index contributed by atoms with van der Waals surface area (Å²) in [5.41, 5.74) is 0.315. The topological polar surface area (TPSA) is 46.5 Å². The lowest BCUT2D eigenvalue weighted by Crippen LogP contribution is -2.24. The van der Waals surface area contributed by atoms with Gasteiger partial charge in [-0.1, -0.05) is 48.2 Å². The Hall–Kier alpha value is -1.03. The van der Waals surface area contributed by atoms with Crippen LogP contribution in [0.1, 0.15) is 48.9 Å². The Morgan fingerprint density at radius 1 is 1.26 bits per heavy atom. The van der Waals surface area contributed by atoms with Gasteiger partial charge in [0.15, 0.2) is 0 Å². The van der Waals surface area contributed by atoms with E-state index < -0.39 is 5.97 Å². The van der Waals surface area contributed by atoms with Crippen molar-refractivity contribution < 1.29 is 14.6 Å². The molecule has 126 valence electrons. The van der Waals surface area contributed by atoms with Crippen LogP contribution in [0.3, 0.4) is 0 Å². The molecule has 2 atom stereocenters. The van der Waals surface area contributed by atoms with Crippen molar-refractivity contribution in [2.24, 2.45) is 5.92 Å². The lowest BCUT2D eigenvalue weighted by molar-refractivity contribution is 0.0549. The van der Waals surface area contributed by atoms with Crippen molar-refractivity contribution in [3.63, 3.8) is 0 Å². The molecule has 0 saturated heterocycles. The number of carbonyl (C=O) groups excluding carboxylic acids is 1. The van der Waals surface area contributed by atoms with E-state index in [1.807, 2.05) is 12.2 Å². The SMILES string of the molecule is O=C(OC/C=C\CC[C@H]1CCCC[C@@H]1O)c1ccc(Cl)cc1Cl. The average molecular weight is 357 g/mol. The van der Waals surface area contributed by atoms with Crippen molar-refractivity contribution in [2.45, 2.75) is 44.6 Å². The molecule has 1 aliphatic rings. The second-order valence-electron chi connectivity index (χ2n) is 5.88. The Labute approximate surface area is 147 Å². The van der Waals surface area contributed by atoms with Crippen LogP contribution in [0, 0.1) is 5.92 Å². The molecule has 23 heavy (non-hydrogen) atoms. The maximum Gasteiger partial charge on any atom is 0.339 e. The summed E-state index contributed by atoms with van der Waals surface area (Å²) in [6, 6.07) is 4.68. The second-order valence-corrected chi connectivity index (χ2v) is 6.73. The molecule has 3 nitrogen and oxygen atoms in total. The Morgan fingerprint density at radius 2 is 2.04 bits per heavy atom. The number of aliphatic hydroxyl groups is 1. The van der Waals surface area contributed by atoms with E-state index in [0.29, 0.717) is 16.5 Å². The van der Waals surface area contributed by atoms with E-state index in [9.17, 15) is 9.90 Å². The van der Waals surface area contributed by atoms with Crippen LogP contribution in [-0.2, 0) is 4.74 Å². The van der Waals surface area contributed by atoms with E-state index in [-0.39, 0.29) is 17.7 Å². The number of allylic oxidation sites excluding steroid dienone is 1. The first-order valence-corrected chi connectivity index (χ1v) is 8.78. The monoisotopic (exact) mass is 356 g/mol. The van der Waals surface area contributed by atoms with Gasteiger partial charge in [0.1, 0.15) is 6.61 Å². The highest BCUT2D eigenvalue weighted by Crippen LogP contribution is 2.28. The average Bonchev–Trinajstić information content (AvgIpc) is 2.52. The molecule has 0 bridgehead atoms. The number of halogens is 2. The van der Waals surface area contributed by atoms with E-state index >= 15 is 0 Å². The van der Waals surface area contributed by atoms with Crippen LogP contribution in [0.15, 0.2) is 30.4 Å². The molecule has 1 aliphatic carbocycles. The zero-order valence-electron chi connectivity index (χ0n) is 13.0. The highest BCUT2D eigenvalue weighted by atomic mass is 35.5. The molecule has 0 aromatic heterocycles. The Kier molecular flexibility index (Phi) is 7.41. The zero-order chi connectivity index (χ0) is 16.7. The molecule has 0 aliphatic heterocycles. The second kappa shape index (κ2) is 9.31. The minimum Gasteiger partial charge on any atom is -0.458 e. The van der Waals surface area contributed by atoms with E-state index in [2.05, 4.69) is 0 Å². The van der Waals surface area contributed by atoms with Gasteiger partial charge in [-0.2, -0.15) is 0 Å². The fourth-order valence-electron chi connectivity index (χ4n) is 2.88. The molecular formula is C18H22Cl2O3. The largest absolute Gasteiger partial charge is 0.458 e. The smallest absolute Gasteiger partial charge is 0.339 e. The normalized spacial score (nSPS) is 21.5. The number of rotatable bonds is 6. The first-order chi connectivity index (χ1) is 11.1. The predicted molar refractivity (Wildman–Crippen MR) is 93.1 cm³/mol. The van der Waals surface area contributed by atoms with Crippen LogP contribution in [0.2, 0.25) is 10.0 Å². The first-order valence-electron chi connectivity index (χ1n) is 8.03. The summed E-state index contributed by atoms with van der Waals surface area (Å²) in [5, 5.41) is 10.7. The van der Waals surface area contributed by atoms with E-state index in [1.54, 1.807) is 12.1 Å². The van der Waals surface area contributed by atoms with Gasteiger partial charge in [0.05, 0.1) is 16.7 Å². The summed E-state index contributed by atoms with van der Waals surface area (Å²) >= 11 is 11.8. The quantitative estimate of drug-likeness (QED) is 0.573. The van der Waals surface area contributed by atoms with E-state index in [1.165, 1.54) is 12.5 Å². The highest BCUT2D eigenvalue weighted by Gasteiger charge is 2.21. The summed E-state index contributed by atoms with van der Waals surface area (Å²) in [7, 11) is 0. The van der Waals surface area contributed by atoms with Gasteiger partial charge < -0.3 is 9.84 Å². The van der Waals surface area contributed by atoms with Gasteiger partial charge in [0, 0.05) is 5.02 Å². The maximum atomic E-state index is 11.9. The third-order valence-electron chi connectivity index (χ3n) is 4.20. The molecule has 0 spiro atoms. The lowest BCUT2D eigenvalue weighted by atomic mass is 9.83. The van der Waals surface area contributed by atoms with Crippen LogP contribution in [0.25, 0.3) is 0 Å².